The molecule has 0 unspecified atom stereocenters. The summed E-state index contributed by atoms with van der Waals surface area (Å²) in [6.45, 7) is 0.434. The van der Waals surface area contributed by atoms with E-state index >= 15 is 0 Å². The van der Waals surface area contributed by atoms with Gasteiger partial charge in [0.2, 0.25) is 11.1 Å². The molecule has 0 aliphatic rings. The maximum absolute atomic E-state index is 12.1. The average Bonchev–Trinajstić information content (AvgIpc) is 3.06. The Morgan fingerprint density at radius 3 is 2.67 bits per heavy atom. The van der Waals surface area contributed by atoms with E-state index in [-0.39, 0.29) is 11.7 Å². The summed E-state index contributed by atoms with van der Waals surface area (Å²) in [5.41, 5.74) is 1.67. The van der Waals surface area contributed by atoms with E-state index in [0.717, 1.165) is 11.3 Å². The highest BCUT2D eigenvalue weighted by Crippen LogP contribution is 2.27. The van der Waals surface area contributed by atoms with E-state index in [4.69, 9.17) is 22.2 Å². The smallest absolute Gasteiger partial charge is 0.230 e. The molecule has 9 heteroatoms. The molecule has 1 aromatic heterocycles. The largest absolute Gasteiger partial charge is 0.497 e. The topological polar surface area (TPSA) is 95.1 Å². The molecule has 0 radical (unpaired) electrons. The predicted octanol–water partition coefficient (Wildman–Crippen LogP) is 2.73. The van der Waals surface area contributed by atoms with Gasteiger partial charge in [-0.25, -0.2) is 4.68 Å². The van der Waals surface area contributed by atoms with Crippen LogP contribution in [0.4, 0.5) is 0 Å². The third-order valence-corrected chi connectivity index (χ3v) is 5.03. The zero-order chi connectivity index (χ0) is 19.2. The lowest BCUT2D eigenvalue weighted by Crippen LogP contribution is -2.25. The van der Waals surface area contributed by atoms with E-state index in [1.165, 1.54) is 16.4 Å². The van der Waals surface area contributed by atoms with Crippen molar-refractivity contribution in [3.05, 3.63) is 59.1 Å². The molecule has 0 fully saturated rings. The van der Waals surface area contributed by atoms with Crippen LogP contribution in [0.15, 0.2) is 53.7 Å². The van der Waals surface area contributed by atoms with Crippen molar-refractivity contribution in [3.63, 3.8) is 0 Å². The molecule has 0 spiro atoms. The first-order valence-corrected chi connectivity index (χ1v) is 9.42. The van der Waals surface area contributed by atoms with Gasteiger partial charge < -0.3 is 15.9 Å². The normalized spacial score (nSPS) is 10.6. The summed E-state index contributed by atoms with van der Waals surface area (Å²) in [7, 11) is 1.61. The fourth-order valence-corrected chi connectivity index (χ4v) is 3.23. The number of nitrogens with two attached hydrogens (primary N) is 1. The lowest BCUT2D eigenvalue weighted by atomic mass is 10.2. The van der Waals surface area contributed by atoms with Gasteiger partial charge in [0, 0.05) is 12.1 Å². The monoisotopic (exact) mass is 403 g/mol. The highest BCUT2D eigenvalue weighted by Gasteiger charge is 2.15. The summed E-state index contributed by atoms with van der Waals surface area (Å²) < 4.78 is 6.44. The molecule has 0 aliphatic heterocycles. The van der Waals surface area contributed by atoms with Gasteiger partial charge in [-0.05, 0) is 29.8 Å². The zero-order valence-electron chi connectivity index (χ0n) is 14.6. The van der Waals surface area contributed by atoms with Gasteiger partial charge in [-0.15, -0.1) is 10.2 Å². The summed E-state index contributed by atoms with van der Waals surface area (Å²) in [6, 6.07) is 14.7. The van der Waals surface area contributed by atoms with Crippen LogP contribution in [0, 0.1) is 0 Å². The van der Waals surface area contributed by atoms with E-state index in [1.54, 1.807) is 13.2 Å². The second-order valence-electron chi connectivity index (χ2n) is 5.57. The fourth-order valence-electron chi connectivity index (χ4n) is 2.33. The maximum atomic E-state index is 12.1. The second kappa shape index (κ2) is 8.79. The molecule has 0 saturated heterocycles. The number of nitrogen functional groups attached to an aromatic ring is 1. The Morgan fingerprint density at radius 1 is 1.22 bits per heavy atom. The number of rotatable bonds is 7. The summed E-state index contributed by atoms with van der Waals surface area (Å²) >= 11 is 7.38. The van der Waals surface area contributed by atoms with Crippen LogP contribution in [0.5, 0.6) is 5.75 Å². The zero-order valence-corrected chi connectivity index (χ0v) is 16.1. The number of ether oxygens (including phenoxy) is 1. The minimum absolute atomic E-state index is 0.127. The summed E-state index contributed by atoms with van der Waals surface area (Å²) in [4.78, 5) is 12.1. The summed E-state index contributed by atoms with van der Waals surface area (Å²) in [5, 5.41) is 11.9. The highest BCUT2D eigenvalue weighted by atomic mass is 35.5. The molecule has 3 rings (SSSR count). The van der Waals surface area contributed by atoms with Crippen molar-refractivity contribution in [2.75, 3.05) is 18.7 Å². The quantitative estimate of drug-likeness (QED) is 0.465. The molecule has 3 aromatic rings. The van der Waals surface area contributed by atoms with E-state index in [1.807, 2.05) is 42.5 Å². The number of aromatic nitrogens is 3. The first-order valence-electron chi connectivity index (χ1n) is 8.06. The number of carbonyl (C=O) groups excluding carboxylic acids is 1. The summed E-state index contributed by atoms with van der Waals surface area (Å²) in [5.74, 6) is 7.32. The molecule has 1 amide bonds. The van der Waals surface area contributed by atoms with Crippen molar-refractivity contribution in [3.8, 4) is 17.1 Å². The Hall–Kier alpha value is -2.71. The van der Waals surface area contributed by atoms with Crippen molar-refractivity contribution in [1.82, 2.24) is 20.2 Å². The number of hydrogen-bond donors (Lipinski definition) is 2. The highest BCUT2D eigenvalue weighted by molar-refractivity contribution is 7.99. The number of nitrogens with one attached hydrogen (secondary N) is 1. The van der Waals surface area contributed by atoms with Crippen LogP contribution < -0.4 is 15.9 Å². The van der Waals surface area contributed by atoms with E-state index in [9.17, 15) is 4.79 Å². The van der Waals surface area contributed by atoms with Gasteiger partial charge in [-0.2, -0.15) is 0 Å². The number of carbonyl (C=O) groups is 1. The molecule has 7 nitrogen and oxygen atoms in total. The number of amides is 1. The average molecular weight is 404 g/mol. The standard InChI is InChI=1S/C18H18ClN5O2S/c1-26-13-8-6-12(7-9-13)10-21-16(25)11-27-18-23-22-17(24(18)20)14-4-2-3-5-15(14)19/h2-9H,10-11,20H2,1H3,(H,21,25). The Labute approximate surface area is 165 Å². The van der Waals surface area contributed by atoms with Crippen LogP contribution >= 0.6 is 23.4 Å². The summed E-state index contributed by atoms with van der Waals surface area (Å²) in [6.07, 6.45) is 0. The van der Waals surface area contributed by atoms with Gasteiger partial charge in [-0.1, -0.05) is 47.6 Å². The second-order valence-corrected chi connectivity index (χ2v) is 6.92. The van der Waals surface area contributed by atoms with Crippen LogP contribution in [0.2, 0.25) is 5.02 Å². The van der Waals surface area contributed by atoms with Crippen molar-refractivity contribution in [1.29, 1.82) is 0 Å². The van der Waals surface area contributed by atoms with Crippen LogP contribution in [0.25, 0.3) is 11.4 Å². The number of methoxy groups -OCH3 is 1. The van der Waals surface area contributed by atoms with Crippen LogP contribution in [0.1, 0.15) is 5.56 Å². The van der Waals surface area contributed by atoms with E-state index < -0.39 is 0 Å². The van der Waals surface area contributed by atoms with Gasteiger partial charge in [0.05, 0.1) is 17.9 Å². The molecule has 3 N–H and O–H groups in total. The number of nitrogens with zero attached hydrogens (tertiary/aromatic N) is 3. The molecule has 1 heterocycles. The molecule has 27 heavy (non-hydrogen) atoms. The number of thioether (sulfide) groups is 1. The molecule has 140 valence electrons. The van der Waals surface area contributed by atoms with Crippen LogP contribution in [-0.2, 0) is 11.3 Å². The van der Waals surface area contributed by atoms with Crippen molar-refractivity contribution >= 4 is 29.3 Å². The van der Waals surface area contributed by atoms with Gasteiger partial charge in [-0.3, -0.25) is 4.79 Å². The van der Waals surface area contributed by atoms with Gasteiger partial charge in [0.15, 0.2) is 5.82 Å². The molecule has 0 atom stereocenters. The lowest BCUT2D eigenvalue weighted by Gasteiger charge is -2.07. The predicted molar refractivity (Wildman–Crippen MR) is 106 cm³/mol. The first kappa shape index (κ1) is 19.1. The Bertz CT molecular complexity index is 930. The van der Waals surface area contributed by atoms with Gasteiger partial charge in [0.25, 0.3) is 0 Å². The lowest BCUT2D eigenvalue weighted by molar-refractivity contribution is -0.118. The molecular weight excluding hydrogens is 386 g/mol. The van der Waals surface area contributed by atoms with Crippen molar-refractivity contribution < 1.29 is 9.53 Å². The fraction of sp³-hybridized carbons (Fsp3) is 0.167. The first-order chi connectivity index (χ1) is 13.1. The Morgan fingerprint density at radius 2 is 1.96 bits per heavy atom. The molecular formula is C18H18ClN5O2S. The number of benzene rings is 2. The number of halogens is 1. The van der Waals surface area contributed by atoms with Crippen LogP contribution in [-0.4, -0.2) is 33.6 Å². The van der Waals surface area contributed by atoms with Crippen LogP contribution in [0.3, 0.4) is 0 Å². The van der Waals surface area contributed by atoms with Gasteiger partial charge >= 0.3 is 0 Å². The van der Waals surface area contributed by atoms with Crippen molar-refractivity contribution in [2.24, 2.45) is 0 Å². The maximum Gasteiger partial charge on any atom is 0.230 e. The molecule has 0 bridgehead atoms. The third-order valence-electron chi connectivity index (χ3n) is 3.76. The minimum Gasteiger partial charge on any atom is -0.497 e. The SMILES string of the molecule is COc1ccc(CNC(=O)CSc2nnc(-c3ccccc3Cl)n2N)cc1. The molecule has 2 aromatic carbocycles. The Balaban J connectivity index is 1.55. The number of hydrogen-bond acceptors (Lipinski definition) is 6. The van der Waals surface area contributed by atoms with E-state index in [2.05, 4.69) is 15.5 Å². The van der Waals surface area contributed by atoms with E-state index in [0.29, 0.717) is 28.1 Å². The minimum atomic E-state index is -0.127. The third kappa shape index (κ3) is 4.72. The molecule has 0 saturated carbocycles. The molecule has 0 aliphatic carbocycles. The Kier molecular flexibility index (Phi) is 6.20. The van der Waals surface area contributed by atoms with Crippen molar-refractivity contribution in [2.45, 2.75) is 11.7 Å². The van der Waals surface area contributed by atoms with Gasteiger partial charge in [0.1, 0.15) is 5.75 Å².